The van der Waals surface area contributed by atoms with Crippen LogP contribution >= 0.6 is 11.6 Å². The van der Waals surface area contributed by atoms with Crippen molar-refractivity contribution in [1.29, 1.82) is 0 Å². The second-order valence-corrected chi connectivity index (χ2v) is 4.37. The van der Waals surface area contributed by atoms with Gasteiger partial charge in [-0.25, -0.2) is 14.4 Å². The molecule has 0 amide bonds. The second kappa shape index (κ2) is 5.84. The van der Waals surface area contributed by atoms with Gasteiger partial charge in [0.05, 0.1) is 10.7 Å². The topological polar surface area (TPSA) is 49.8 Å². The summed E-state index contributed by atoms with van der Waals surface area (Å²) in [6, 6.07) is 5.88. The Morgan fingerprint density at radius 2 is 1.95 bits per heavy atom. The van der Waals surface area contributed by atoms with Crippen LogP contribution in [0.1, 0.15) is 12.7 Å². The highest BCUT2D eigenvalue weighted by Gasteiger charge is 2.06. The van der Waals surface area contributed by atoms with Gasteiger partial charge in [0, 0.05) is 12.6 Å². The Morgan fingerprint density at radius 1 is 1.21 bits per heavy atom. The molecule has 6 heteroatoms. The first-order valence-electron chi connectivity index (χ1n) is 5.90. The molecule has 2 rings (SSSR count). The van der Waals surface area contributed by atoms with Gasteiger partial charge >= 0.3 is 0 Å². The molecule has 4 nitrogen and oxygen atoms in total. The average molecular weight is 281 g/mol. The first-order chi connectivity index (χ1) is 9.08. The zero-order valence-corrected chi connectivity index (χ0v) is 11.4. The molecule has 2 N–H and O–H groups in total. The first-order valence-corrected chi connectivity index (χ1v) is 6.28. The molecule has 0 spiro atoms. The van der Waals surface area contributed by atoms with Crippen molar-refractivity contribution in [3.8, 4) is 0 Å². The molecular weight excluding hydrogens is 267 g/mol. The van der Waals surface area contributed by atoms with Crippen LogP contribution in [0.2, 0.25) is 5.02 Å². The van der Waals surface area contributed by atoms with E-state index >= 15 is 0 Å². The lowest BCUT2D eigenvalue weighted by atomic mass is 10.3. The van der Waals surface area contributed by atoms with Crippen LogP contribution in [0.5, 0.6) is 0 Å². The van der Waals surface area contributed by atoms with Crippen molar-refractivity contribution in [3.63, 3.8) is 0 Å². The van der Waals surface area contributed by atoms with Crippen LogP contribution in [-0.4, -0.2) is 16.5 Å². The minimum Gasteiger partial charge on any atom is -0.370 e. The average Bonchev–Trinajstić information content (AvgIpc) is 2.33. The van der Waals surface area contributed by atoms with Gasteiger partial charge in [-0.1, -0.05) is 11.6 Å². The molecule has 19 heavy (non-hydrogen) atoms. The second-order valence-electron chi connectivity index (χ2n) is 3.97. The summed E-state index contributed by atoms with van der Waals surface area (Å²) < 4.78 is 13.2. The van der Waals surface area contributed by atoms with E-state index in [4.69, 9.17) is 11.6 Å². The van der Waals surface area contributed by atoms with Crippen molar-refractivity contribution in [2.75, 3.05) is 17.2 Å². The number of hydrogen-bond acceptors (Lipinski definition) is 4. The Kier molecular flexibility index (Phi) is 4.16. The summed E-state index contributed by atoms with van der Waals surface area (Å²) in [5, 5.41) is 6.52. The van der Waals surface area contributed by atoms with Gasteiger partial charge in [-0.2, -0.15) is 0 Å². The maximum Gasteiger partial charge on any atom is 0.136 e. The van der Waals surface area contributed by atoms with Crippen LogP contribution in [0.25, 0.3) is 0 Å². The number of benzene rings is 1. The lowest BCUT2D eigenvalue weighted by Crippen LogP contribution is -2.04. The quantitative estimate of drug-likeness (QED) is 0.895. The summed E-state index contributed by atoms with van der Waals surface area (Å²) in [5.41, 5.74) is 0.474. The Morgan fingerprint density at radius 3 is 2.68 bits per heavy atom. The van der Waals surface area contributed by atoms with Gasteiger partial charge in [0.2, 0.25) is 0 Å². The Hall–Kier alpha value is -1.88. The van der Waals surface area contributed by atoms with Gasteiger partial charge < -0.3 is 10.6 Å². The fourth-order valence-electron chi connectivity index (χ4n) is 1.63. The van der Waals surface area contributed by atoms with Crippen molar-refractivity contribution in [2.45, 2.75) is 13.8 Å². The van der Waals surface area contributed by atoms with Crippen molar-refractivity contribution < 1.29 is 4.39 Å². The molecule has 0 saturated carbocycles. The van der Waals surface area contributed by atoms with E-state index in [9.17, 15) is 4.39 Å². The predicted octanol–water partition coefficient (Wildman–Crippen LogP) is 3.75. The molecule has 0 fully saturated rings. The maximum atomic E-state index is 13.2. The van der Waals surface area contributed by atoms with E-state index in [1.165, 1.54) is 18.2 Å². The highest BCUT2D eigenvalue weighted by Crippen LogP contribution is 2.26. The monoisotopic (exact) mass is 280 g/mol. The Balaban J connectivity index is 2.29. The molecule has 100 valence electrons. The summed E-state index contributed by atoms with van der Waals surface area (Å²) in [5.74, 6) is 1.54. The summed E-state index contributed by atoms with van der Waals surface area (Å²) in [6.45, 7) is 4.53. The first kappa shape index (κ1) is 13.5. The molecule has 1 aromatic heterocycles. The van der Waals surface area contributed by atoms with E-state index in [0.29, 0.717) is 28.2 Å². The molecule has 1 heterocycles. The van der Waals surface area contributed by atoms with Crippen LogP contribution in [0.3, 0.4) is 0 Å². The minimum absolute atomic E-state index is 0.357. The van der Waals surface area contributed by atoms with Crippen LogP contribution in [0.15, 0.2) is 24.3 Å². The van der Waals surface area contributed by atoms with Gasteiger partial charge in [-0.15, -0.1) is 0 Å². The summed E-state index contributed by atoms with van der Waals surface area (Å²) >= 11 is 6.00. The smallest absolute Gasteiger partial charge is 0.136 e. The van der Waals surface area contributed by atoms with Crippen LogP contribution < -0.4 is 10.6 Å². The van der Waals surface area contributed by atoms with E-state index in [2.05, 4.69) is 20.6 Å². The SMILES string of the molecule is CCNc1cc(Nc2cc(F)ccc2Cl)nc(C)n1. The molecule has 0 aliphatic rings. The number of aryl methyl sites for hydroxylation is 1. The zero-order valence-electron chi connectivity index (χ0n) is 10.7. The lowest BCUT2D eigenvalue weighted by molar-refractivity contribution is 0.628. The van der Waals surface area contributed by atoms with Crippen molar-refractivity contribution in [2.24, 2.45) is 0 Å². The molecular formula is C13H14ClFN4. The van der Waals surface area contributed by atoms with Crippen LogP contribution in [-0.2, 0) is 0 Å². The predicted molar refractivity (Wildman–Crippen MR) is 75.6 cm³/mol. The van der Waals surface area contributed by atoms with E-state index in [1.807, 2.05) is 6.92 Å². The third-order valence-corrected chi connectivity index (χ3v) is 2.72. The number of nitrogens with zero attached hydrogens (tertiary/aromatic N) is 2. The molecule has 0 saturated heterocycles. The summed E-state index contributed by atoms with van der Waals surface area (Å²) in [6.07, 6.45) is 0. The Bertz CT molecular complexity index is 589. The molecule has 0 aliphatic carbocycles. The normalized spacial score (nSPS) is 10.3. The fraction of sp³-hybridized carbons (Fsp3) is 0.231. The van der Waals surface area contributed by atoms with Gasteiger partial charge in [0.15, 0.2) is 0 Å². The molecule has 2 aromatic rings. The minimum atomic E-state index is -0.357. The third kappa shape index (κ3) is 3.54. The van der Waals surface area contributed by atoms with Crippen LogP contribution in [0.4, 0.5) is 21.7 Å². The molecule has 0 bridgehead atoms. The number of anilines is 3. The third-order valence-electron chi connectivity index (χ3n) is 2.39. The molecule has 0 radical (unpaired) electrons. The number of nitrogens with one attached hydrogen (secondary N) is 2. The summed E-state index contributed by atoms with van der Waals surface area (Å²) in [4.78, 5) is 8.47. The van der Waals surface area contributed by atoms with Gasteiger partial charge in [-0.3, -0.25) is 0 Å². The zero-order chi connectivity index (χ0) is 13.8. The number of hydrogen-bond donors (Lipinski definition) is 2. The van der Waals surface area contributed by atoms with Crippen molar-refractivity contribution >= 4 is 28.9 Å². The van der Waals surface area contributed by atoms with E-state index < -0.39 is 0 Å². The highest BCUT2D eigenvalue weighted by atomic mass is 35.5. The van der Waals surface area contributed by atoms with Gasteiger partial charge in [0.25, 0.3) is 0 Å². The van der Waals surface area contributed by atoms with E-state index in [1.54, 1.807) is 13.0 Å². The largest absolute Gasteiger partial charge is 0.370 e. The highest BCUT2D eigenvalue weighted by molar-refractivity contribution is 6.33. The standard InChI is InChI=1S/C13H14ClFN4/c1-3-16-12-7-13(18-8(2)17-12)19-11-6-9(15)4-5-10(11)14/h4-7H,3H2,1-2H3,(H2,16,17,18,19). The molecule has 0 unspecified atom stereocenters. The van der Waals surface area contributed by atoms with E-state index in [-0.39, 0.29) is 5.82 Å². The molecule has 0 atom stereocenters. The lowest BCUT2D eigenvalue weighted by Gasteiger charge is -2.10. The number of rotatable bonds is 4. The number of halogens is 2. The van der Waals surface area contributed by atoms with Gasteiger partial charge in [0.1, 0.15) is 23.3 Å². The fourth-order valence-corrected chi connectivity index (χ4v) is 1.80. The van der Waals surface area contributed by atoms with Crippen LogP contribution in [0, 0.1) is 12.7 Å². The van der Waals surface area contributed by atoms with Crippen molar-refractivity contribution in [1.82, 2.24) is 9.97 Å². The van der Waals surface area contributed by atoms with Gasteiger partial charge in [-0.05, 0) is 32.0 Å². The maximum absolute atomic E-state index is 13.2. The molecule has 1 aromatic carbocycles. The number of aromatic nitrogens is 2. The Labute approximate surface area is 116 Å². The van der Waals surface area contributed by atoms with E-state index in [0.717, 1.165) is 6.54 Å². The molecule has 0 aliphatic heterocycles. The summed E-state index contributed by atoms with van der Waals surface area (Å²) in [7, 11) is 0. The van der Waals surface area contributed by atoms with Crippen molar-refractivity contribution in [3.05, 3.63) is 40.9 Å².